The van der Waals surface area contributed by atoms with Crippen molar-refractivity contribution in [1.82, 2.24) is 20.1 Å². The lowest BCUT2D eigenvalue weighted by atomic mass is 10.1. The molecule has 0 aliphatic carbocycles. The normalized spacial score (nSPS) is 11.2. The smallest absolute Gasteiger partial charge is 0.227 e. The summed E-state index contributed by atoms with van der Waals surface area (Å²) in [6, 6.07) is 11.9. The molecule has 0 bridgehead atoms. The Morgan fingerprint density at radius 1 is 1.14 bits per heavy atom. The summed E-state index contributed by atoms with van der Waals surface area (Å²) in [4.78, 5) is 25.4. The number of para-hydroxylation sites is 1. The van der Waals surface area contributed by atoms with Crippen molar-refractivity contribution in [3.8, 4) is 22.0 Å². The number of carbonyl (C=O) groups excluding carboxylic acids is 1. The third-order valence-electron chi connectivity index (χ3n) is 4.39. The number of benzene rings is 1. The van der Waals surface area contributed by atoms with Gasteiger partial charge in [0.2, 0.25) is 17.6 Å². The highest BCUT2D eigenvalue weighted by Crippen LogP contribution is 2.31. The van der Waals surface area contributed by atoms with Gasteiger partial charge in [0.15, 0.2) is 5.13 Å². The molecule has 5 aromatic rings. The molecule has 1 aromatic carbocycles. The van der Waals surface area contributed by atoms with Gasteiger partial charge < -0.3 is 14.8 Å². The van der Waals surface area contributed by atoms with Crippen LogP contribution in [0.4, 0.5) is 5.13 Å². The number of aromatic nitrogens is 4. The van der Waals surface area contributed by atoms with Gasteiger partial charge in [-0.25, -0.2) is 4.98 Å². The monoisotopic (exact) mass is 421 g/mol. The van der Waals surface area contributed by atoms with Crippen LogP contribution in [-0.4, -0.2) is 26.0 Å². The van der Waals surface area contributed by atoms with Gasteiger partial charge in [0, 0.05) is 40.9 Å². The molecule has 0 radical (unpaired) electrons. The number of anilines is 1. The first-order valence-electron chi connectivity index (χ1n) is 8.94. The second-order valence-corrected chi connectivity index (χ2v) is 8.13. The van der Waals surface area contributed by atoms with Crippen molar-refractivity contribution in [3.63, 3.8) is 0 Å². The lowest BCUT2D eigenvalue weighted by molar-refractivity contribution is -0.116. The van der Waals surface area contributed by atoms with Crippen molar-refractivity contribution in [2.45, 2.75) is 12.8 Å². The maximum absolute atomic E-state index is 12.3. The number of hydrogen-bond donors (Lipinski definition) is 2. The summed E-state index contributed by atoms with van der Waals surface area (Å²) in [5, 5.41) is 12.4. The molecule has 0 atom stereocenters. The molecule has 1 amide bonds. The van der Waals surface area contributed by atoms with E-state index in [2.05, 4.69) is 25.4 Å². The summed E-state index contributed by atoms with van der Waals surface area (Å²) in [7, 11) is 0. The van der Waals surface area contributed by atoms with E-state index >= 15 is 0 Å². The summed E-state index contributed by atoms with van der Waals surface area (Å²) in [5.41, 5.74) is 2.91. The molecule has 2 N–H and O–H groups in total. The second-order valence-electron chi connectivity index (χ2n) is 6.32. The Balaban J connectivity index is 1.22. The third-order valence-corrected chi connectivity index (χ3v) is 6.01. The van der Waals surface area contributed by atoms with Crippen LogP contribution in [0.1, 0.15) is 12.3 Å². The Kier molecular flexibility index (Phi) is 4.66. The van der Waals surface area contributed by atoms with Gasteiger partial charge in [0.05, 0.1) is 10.6 Å². The van der Waals surface area contributed by atoms with E-state index in [9.17, 15) is 4.79 Å². The zero-order chi connectivity index (χ0) is 19.6. The van der Waals surface area contributed by atoms with E-state index in [1.807, 2.05) is 53.4 Å². The lowest BCUT2D eigenvalue weighted by Crippen LogP contribution is -2.12. The molecule has 0 unspecified atom stereocenters. The predicted octanol–water partition coefficient (Wildman–Crippen LogP) is 4.97. The van der Waals surface area contributed by atoms with Crippen LogP contribution in [0.2, 0.25) is 0 Å². The van der Waals surface area contributed by atoms with E-state index < -0.39 is 0 Å². The molecule has 144 valence electrons. The van der Waals surface area contributed by atoms with Gasteiger partial charge in [-0.15, -0.1) is 22.7 Å². The zero-order valence-corrected chi connectivity index (χ0v) is 16.7. The van der Waals surface area contributed by atoms with Gasteiger partial charge in [-0.3, -0.25) is 4.79 Å². The first-order valence-corrected chi connectivity index (χ1v) is 10.7. The molecule has 7 nitrogen and oxygen atoms in total. The number of carbonyl (C=O) groups is 1. The van der Waals surface area contributed by atoms with E-state index in [0.717, 1.165) is 27.0 Å². The van der Waals surface area contributed by atoms with E-state index in [4.69, 9.17) is 4.52 Å². The number of H-pyrrole nitrogens is 1. The fourth-order valence-corrected chi connectivity index (χ4v) is 4.38. The highest BCUT2D eigenvalue weighted by molar-refractivity contribution is 7.14. The van der Waals surface area contributed by atoms with Gasteiger partial charge in [-0.2, -0.15) is 4.98 Å². The Bertz CT molecular complexity index is 1270. The topological polar surface area (TPSA) is 96.7 Å². The Morgan fingerprint density at radius 3 is 2.97 bits per heavy atom. The third kappa shape index (κ3) is 3.69. The predicted molar refractivity (Wildman–Crippen MR) is 114 cm³/mol. The summed E-state index contributed by atoms with van der Waals surface area (Å²) < 4.78 is 5.23. The van der Waals surface area contributed by atoms with Gasteiger partial charge in [0.25, 0.3) is 0 Å². The molecule has 0 aliphatic rings. The number of nitrogens with one attached hydrogen (secondary N) is 2. The van der Waals surface area contributed by atoms with Crippen LogP contribution in [0, 0.1) is 0 Å². The van der Waals surface area contributed by atoms with Gasteiger partial charge in [0.1, 0.15) is 0 Å². The Morgan fingerprint density at radius 2 is 2.07 bits per heavy atom. The van der Waals surface area contributed by atoms with Gasteiger partial charge in [-0.05, 0) is 17.5 Å². The number of thiazole rings is 1. The standard InChI is InChI=1S/C20H15N5O2S2/c26-17(7-8-18-24-19(25-27-18)16-6-3-9-28-16)23-20-22-15(11-29-20)13-10-21-14-5-2-1-4-12(13)14/h1-6,9-11,21H,7-8H2,(H,22,23,26). The number of hydrogen-bond acceptors (Lipinski definition) is 7. The van der Waals surface area contributed by atoms with E-state index in [1.54, 1.807) is 11.3 Å². The first kappa shape index (κ1) is 17.8. The molecule has 29 heavy (non-hydrogen) atoms. The summed E-state index contributed by atoms with van der Waals surface area (Å²) in [5.74, 6) is 0.863. The van der Waals surface area contributed by atoms with Crippen LogP contribution in [0.15, 0.2) is 57.9 Å². The van der Waals surface area contributed by atoms with Crippen molar-refractivity contribution in [3.05, 3.63) is 59.2 Å². The minimum absolute atomic E-state index is 0.138. The number of nitrogens with zero attached hydrogens (tertiary/aromatic N) is 3. The summed E-state index contributed by atoms with van der Waals surface area (Å²) >= 11 is 2.95. The number of fused-ring (bicyclic) bond motifs is 1. The molecular formula is C20H15N5O2S2. The van der Waals surface area contributed by atoms with E-state index in [-0.39, 0.29) is 12.3 Å². The first-order chi connectivity index (χ1) is 14.3. The van der Waals surface area contributed by atoms with Crippen molar-refractivity contribution in [2.24, 2.45) is 0 Å². The van der Waals surface area contributed by atoms with Crippen molar-refractivity contribution in [1.29, 1.82) is 0 Å². The lowest BCUT2D eigenvalue weighted by Gasteiger charge is -1.99. The molecule has 0 fully saturated rings. The molecule has 0 saturated heterocycles. The number of rotatable bonds is 6. The Hall–Kier alpha value is -3.30. The van der Waals surface area contributed by atoms with Crippen LogP contribution in [0.25, 0.3) is 32.9 Å². The van der Waals surface area contributed by atoms with Crippen molar-refractivity contribution < 1.29 is 9.32 Å². The minimum atomic E-state index is -0.138. The minimum Gasteiger partial charge on any atom is -0.360 e. The fourth-order valence-electron chi connectivity index (χ4n) is 3.00. The molecular weight excluding hydrogens is 406 g/mol. The average molecular weight is 422 g/mol. The van der Waals surface area contributed by atoms with Crippen LogP contribution < -0.4 is 5.32 Å². The largest absolute Gasteiger partial charge is 0.360 e. The van der Waals surface area contributed by atoms with Crippen LogP contribution in [0.3, 0.4) is 0 Å². The van der Waals surface area contributed by atoms with Crippen molar-refractivity contribution in [2.75, 3.05) is 5.32 Å². The molecule has 0 spiro atoms. The molecule has 0 saturated carbocycles. The SMILES string of the molecule is O=C(CCc1nc(-c2cccs2)no1)Nc1nc(-c2c[nH]c3ccccc23)cs1. The van der Waals surface area contributed by atoms with Crippen molar-refractivity contribution >= 4 is 44.6 Å². The number of thiophene rings is 1. The Labute approximate surface area is 173 Å². The maximum atomic E-state index is 12.3. The number of aromatic amines is 1. The molecule has 4 heterocycles. The molecule has 9 heteroatoms. The zero-order valence-electron chi connectivity index (χ0n) is 15.1. The van der Waals surface area contributed by atoms with Crippen LogP contribution in [0.5, 0.6) is 0 Å². The molecule has 0 aliphatic heterocycles. The van der Waals surface area contributed by atoms with E-state index in [1.165, 1.54) is 11.3 Å². The quantitative estimate of drug-likeness (QED) is 0.403. The van der Waals surface area contributed by atoms with E-state index in [0.29, 0.717) is 23.3 Å². The summed E-state index contributed by atoms with van der Waals surface area (Å²) in [6.45, 7) is 0. The summed E-state index contributed by atoms with van der Waals surface area (Å²) in [6.07, 6.45) is 2.56. The van der Waals surface area contributed by atoms with Gasteiger partial charge >= 0.3 is 0 Å². The fraction of sp³-hybridized carbons (Fsp3) is 0.100. The second kappa shape index (κ2) is 7.61. The van der Waals surface area contributed by atoms with Gasteiger partial charge in [-0.1, -0.05) is 29.4 Å². The highest BCUT2D eigenvalue weighted by Gasteiger charge is 2.14. The van der Waals surface area contributed by atoms with Crippen LogP contribution >= 0.6 is 22.7 Å². The number of aryl methyl sites for hydroxylation is 1. The number of amides is 1. The van der Waals surface area contributed by atoms with Crippen LogP contribution in [-0.2, 0) is 11.2 Å². The highest BCUT2D eigenvalue weighted by atomic mass is 32.1. The molecule has 4 aromatic heterocycles. The molecule has 5 rings (SSSR count). The maximum Gasteiger partial charge on any atom is 0.227 e. The average Bonchev–Trinajstić information content (AvgIpc) is 3.52.